The molecule has 1 aromatic heterocycles. The minimum atomic E-state index is -0.272. The molecule has 22 heavy (non-hydrogen) atoms. The lowest BCUT2D eigenvalue weighted by Gasteiger charge is -2.33. The predicted molar refractivity (Wildman–Crippen MR) is 81.8 cm³/mol. The van der Waals surface area contributed by atoms with Gasteiger partial charge in [-0.1, -0.05) is 6.42 Å². The Labute approximate surface area is 129 Å². The first-order valence-electron chi connectivity index (χ1n) is 7.74. The smallest absolute Gasteiger partial charge is 0.226 e. The van der Waals surface area contributed by atoms with Crippen LogP contribution >= 0.6 is 0 Å². The number of hydrogen-bond acceptors (Lipinski definition) is 4. The van der Waals surface area contributed by atoms with Crippen LogP contribution in [0.15, 0.2) is 28.7 Å². The second-order valence-corrected chi connectivity index (χ2v) is 5.83. The van der Waals surface area contributed by atoms with Crippen molar-refractivity contribution in [3.05, 3.63) is 41.5 Å². The molecule has 0 unspecified atom stereocenters. The fraction of sp³-hybridized carbons (Fsp3) is 0.471. The molecule has 0 amide bonds. The number of aliphatic hydroxyl groups excluding tert-OH is 1. The average molecular weight is 304 g/mol. The number of oxazole rings is 1. The Morgan fingerprint density at radius 1 is 1.32 bits per heavy atom. The second-order valence-electron chi connectivity index (χ2n) is 5.83. The van der Waals surface area contributed by atoms with Crippen LogP contribution in [0.2, 0.25) is 0 Å². The molecule has 1 saturated heterocycles. The third-order valence-corrected chi connectivity index (χ3v) is 4.30. The molecule has 2 heterocycles. The van der Waals surface area contributed by atoms with Crippen LogP contribution in [0, 0.1) is 12.7 Å². The minimum Gasteiger partial charge on any atom is -0.441 e. The van der Waals surface area contributed by atoms with Crippen LogP contribution in [-0.2, 0) is 6.54 Å². The third-order valence-electron chi connectivity index (χ3n) is 4.30. The lowest BCUT2D eigenvalue weighted by molar-refractivity contribution is 0.0828. The molecule has 0 aliphatic carbocycles. The summed E-state index contributed by atoms with van der Waals surface area (Å²) in [5.41, 5.74) is 1.66. The first-order chi connectivity index (χ1) is 10.7. The van der Waals surface area contributed by atoms with Crippen LogP contribution in [0.5, 0.6) is 0 Å². The van der Waals surface area contributed by atoms with Gasteiger partial charge in [0, 0.05) is 18.2 Å². The number of benzene rings is 1. The number of piperidine rings is 1. The van der Waals surface area contributed by atoms with E-state index in [9.17, 15) is 9.50 Å². The van der Waals surface area contributed by atoms with E-state index in [2.05, 4.69) is 9.88 Å². The van der Waals surface area contributed by atoms with Gasteiger partial charge in [-0.2, -0.15) is 0 Å². The summed E-state index contributed by atoms with van der Waals surface area (Å²) >= 11 is 0. The number of likely N-dealkylation sites (tertiary alicyclic amines) is 1. The highest BCUT2D eigenvalue weighted by Crippen LogP contribution is 2.25. The van der Waals surface area contributed by atoms with Gasteiger partial charge in [0.2, 0.25) is 5.89 Å². The average Bonchev–Trinajstić information content (AvgIpc) is 2.89. The Hall–Kier alpha value is -1.72. The minimum absolute atomic E-state index is 0.182. The van der Waals surface area contributed by atoms with Gasteiger partial charge >= 0.3 is 0 Å². The molecule has 1 atom stereocenters. The monoisotopic (exact) mass is 304 g/mol. The first kappa shape index (κ1) is 15.2. The van der Waals surface area contributed by atoms with Crippen LogP contribution in [0.1, 0.15) is 30.7 Å². The van der Waals surface area contributed by atoms with Gasteiger partial charge in [0.1, 0.15) is 11.6 Å². The highest BCUT2D eigenvalue weighted by molar-refractivity contribution is 5.53. The zero-order chi connectivity index (χ0) is 15.5. The maximum atomic E-state index is 13.0. The molecule has 5 heteroatoms. The summed E-state index contributed by atoms with van der Waals surface area (Å²) in [7, 11) is 0. The number of hydrogen-bond donors (Lipinski definition) is 1. The number of aliphatic hydroxyl groups is 1. The van der Waals surface area contributed by atoms with Gasteiger partial charge in [-0.05, 0) is 50.6 Å². The van der Waals surface area contributed by atoms with Gasteiger partial charge in [0.15, 0.2) is 0 Å². The summed E-state index contributed by atoms with van der Waals surface area (Å²) in [5, 5.41) is 9.50. The summed E-state index contributed by atoms with van der Waals surface area (Å²) < 4.78 is 18.7. The molecular formula is C17H21FN2O2. The lowest BCUT2D eigenvalue weighted by Crippen LogP contribution is -2.41. The van der Waals surface area contributed by atoms with Crippen molar-refractivity contribution in [3.8, 4) is 11.5 Å². The SMILES string of the molecule is Cc1oc(-c2ccc(F)cc2)nc1CN1CCCC[C@H]1CO. The van der Waals surface area contributed by atoms with E-state index in [-0.39, 0.29) is 18.5 Å². The molecule has 4 nitrogen and oxygen atoms in total. The van der Waals surface area contributed by atoms with Crippen LogP contribution in [0.4, 0.5) is 4.39 Å². The fourth-order valence-electron chi connectivity index (χ4n) is 2.96. The summed E-state index contributed by atoms with van der Waals surface area (Å²) in [4.78, 5) is 6.83. The summed E-state index contributed by atoms with van der Waals surface area (Å²) in [6.45, 7) is 3.74. The Bertz CT molecular complexity index is 624. The van der Waals surface area contributed by atoms with Gasteiger partial charge in [-0.25, -0.2) is 9.37 Å². The van der Waals surface area contributed by atoms with Crippen molar-refractivity contribution in [1.29, 1.82) is 0 Å². The van der Waals surface area contributed by atoms with Crippen molar-refractivity contribution in [2.45, 2.75) is 38.8 Å². The Balaban J connectivity index is 1.78. The van der Waals surface area contributed by atoms with E-state index in [1.807, 2.05) is 6.92 Å². The molecule has 118 valence electrons. The zero-order valence-electron chi connectivity index (χ0n) is 12.8. The highest BCUT2D eigenvalue weighted by Gasteiger charge is 2.24. The summed E-state index contributed by atoms with van der Waals surface area (Å²) in [5.74, 6) is 1.03. The van der Waals surface area contributed by atoms with Gasteiger partial charge in [-0.15, -0.1) is 0 Å². The highest BCUT2D eigenvalue weighted by atomic mass is 19.1. The standard InChI is InChI=1S/C17H21FN2O2/c1-12-16(10-20-9-3-2-4-15(20)11-21)19-17(22-12)13-5-7-14(18)8-6-13/h5-8,15,21H,2-4,9-11H2,1H3/t15-/m0/s1. The van der Waals surface area contributed by atoms with Crippen LogP contribution in [-0.4, -0.2) is 34.2 Å². The van der Waals surface area contributed by atoms with E-state index in [1.54, 1.807) is 12.1 Å². The molecule has 1 aliphatic heterocycles. The topological polar surface area (TPSA) is 49.5 Å². The number of aryl methyl sites for hydroxylation is 1. The second kappa shape index (κ2) is 6.58. The summed E-state index contributed by atoms with van der Waals surface area (Å²) in [6, 6.07) is 6.35. The Morgan fingerprint density at radius 2 is 2.09 bits per heavy atom. The molecule has 1 aliphatic rings. The number of aromatic nitrogens is 1. The predicted octanol–water partition coefficient (Wildman–Crippen LogP) is 3.14. The molecule has 0 saturated carbocycles. The Morgan fingerprint density at radius 3 is 2.82 bits per heavy atom. The molecule has 3 rings (SSSR count). The van der Waals surface area contributed by atoms with Crippen molar-refractivity contribution < 1.29 is 13.9 Å². The first-order valence-corrected chi connectivity index (χ1v) is 7.74. The molecular weight excluding hydrogens is 283 g/mol. The van der Waals surface area contributed by atoms with E-state index in [0.717, 1.165) is 36.4 Å². The molecule has 1 fully saturated rings. The van der Waals surface area contributed by atoms with Gasteiger partial charge in [0.05, 0.1) is 12.3 Å². The zero-order valence-corrected chi connectivity index (χ0v) is 12.8. The van der Waals surface area contributed by atoms with Gasteiger partial charge < -0.3 is 9.52 Å². The Kier molecular flexibility index (Phi) is 4.55. The van der Waals surface area contributed by atoms with Crippen molar-refractivity contribution in [3.63, 3.8) is 0 Å². The number of nitrogens with zero attached hydrogens (tertiary/aromatic N) is 2. The third kappa shape index (κ3) is 3.20. The lowest BCUT2D eigenvalue weighted by atomic mass is 10.0. The molecule has 0 radical (unpaired) electrons. The van der Waals surface area contributed by atoms with Crippen molar-refractivity contribution >= 4 is 0 Å². The van der Waals surface area contributed by atoms with Crippen molar-refractivity contribution in [1.82, 2.24) is 9.88 Å². The maximum Gasteiger partial charge on any atom is 0.226 e. The molecule has 1 N–H and O–H groups in total. The van der Waals surface area contributed by atoms with Crippen LogP contribution in [0.3, 0.4) is 0 Å². The normalized spacial score (nSPS) is 19.5. The quantitative estimate of drug-likeness (QED) is 0.943. The van der Waals surface area contributed by atoms with Gasteiger partial charge in [-0.3, -0.25) is 4.90 Å². The van der Waals surface area contributed by atoms with E-state index < -0.39 is 0 Å². The molecule has 1 aromatic carbocycles. The molecule has 0 bridgehead atoms. The van der Waals surface area contributed by atoms with Crippen molar-refractivity contribution in [2.24, 2.45) is 0 Å². The number of rotatable bonds is 4. The van der Waals surface area contributed by atoms with E-state index in [4.69, 9.17) is 4.42 Å². The van der Waals surface area contributed by atoms with Crippen LogP contribution < -0.4 is 0 Å². The van der Waals surface area contributed by atoms with Crippen LogP contribution in [0.25, 0.3) is 11.5 Å². The van der Waals surface area contributed by atoms with Crippen molar-refractivity contribution in [2.75, 3.05) is 13.2 Å². The maximum absolute atomic E-state index is 13.0. The molecule has 0 spiro atoms. The molecule has 2 aromatic rings. The van der Waals surface area contributed by atoms with E-state index in [0.29, 0.717) is 12.4 Å². The largest absolute Gasteiger partial charge is 0.441 e. The summed E-state index contributed by atoms with van der Waals surface area (Å²) in [6.07, 6.45) is 3.34. The fourth-order valence-corrected chi connectivity index (χ4v) is 2.96. The van der Waals surface area contributed by atoms with E-state index >= 15 is 0 Å². The van der Waals surface area contributed by atoms with Gasteiger partial charge in [0.25, 0.3) is 0 Å². The number of halogens is 1. The van der Waals surface area contributed by atoms with E-state index in [1.165, 1.54) is 18.6 Å².